The average molecular weight is 321 g/mol. The third kappa shape index (κ3) is 3.78. The molecule has 2 N–H and O–H groups in total. The van der Waals surface area contributed by atoms with Gasteiger partial charge in [0, 0.05) is 24.8 Å². The van der Waals surface area contributed by atoms with Crippen molar-refractivity contribution in [2.45, 2.75) is 46.0 Å². The van der Waals surface area contributed by atoms with E-state index in [1.807, 2.05) is 6.92 Å². The van der Waals surface area contributed by atoms with Crippen molar-refractivity contribution in [2.75, 3.05) is 13.1 Å². The molecule has 2 heterocycles. The van der Waals surface area contributed by atoms with Crippen molar-refractivity contribution in [2.24, 2.45) is 5.41 Å². The zero-order valence-electron chi connectivity index (χ0n) is 13.6. The molecule has 2 rings (SSSR count). The molecule has 1 amide bonds. The quantitative estimate of drug-likeness (QED) is 0.845. The number of rotatable bonds is 5. The molecule has 23 heavy (non-hydrogen) atoms. The lowest BCUT2D eigenvalue weighted by molar-refractivity contribution is -0.155. The molecule has 0 spiro atoms. The standard InChI is InChI=1S/C16H23N3O4/c1-3-5-16(15(22)23)6-4-7-19(10-16)13(20)8-12-9-17-11(2)18-14(12)21/h9H,3-8,10H2,1-2H3,(H,22,23)(H,17,18,21). The monoisotopic (exact) mass is 321 g/mol. The molecule has 0 aliphatic carbocycles. The molecule has 1 aromatic rings. The van der Waals surface area contributed by atoms with Crippen LogP contribution in [0.4, 0.5) is 0 Å². The topological polar surface area (TPSA) is 103 Å². The number of hydrogen-bond donors (Lipinski definition) is 2. The molecule has 0 aromatic carbocycles. The third-order valence-electron chi connectivity index (χ3n) is 4.45. The van der Waals surface area contributed by atoms with Crippen molar-refractivity contribution in [3.8, 4) is 0 Å². The SMILES string of the molecule is CCCC1(C(=O)O)CCCN(C(=O)Cc2cnc(C)[nH]c2=O)C1. The molecule has 1 saturated heterocycles. The molecular weight excluding hydrogens is 298 g/mol. The van der Waals surface area contributed by atoms with Gasteiger partial charge in [0.1, 0.15) is 5.82 Å². The highest BCUT2D eigenvalue weighted by atomic mass is 16.4. The Balaban J connectivity index is 2.12. The van der Waals surface area contributed by atoms with Gasteiger partial charge in [0.25, 0.3) is 5.56 Å². The highest BCUT2D eigenvalue weighted by Crippen LogP contribution is 2.35. The number of aromatic amines is 1. The zero-order valence-corrected chi connectivity index (χ0v) is 13.6. The predicted molar refractivity (Wildman–Crippen MR) is 84.1 cm³/mol. The molecule has 1 aliphatic heterocycles. The minimum Gasteiger partial charge on any atom is -0.481 e. The summed E-state index contributed by atoms with van der Waals surface area (Å²) in [5, 5.41) is 9.58. The molecule has 0 saturated carbocycles. The van der Waals surface area contributed by atoms with E-state index < -0.39 is 11.4 Å². The van der Waals surface area contributed by atoms with Crippen LogP contribution in [-0.4, -0.2) is 44.9 Å². The number of aliphatic carboxylic acids is 1. The Morgan fingerprint density at radius 2 is 2.22 bits per heavy atom. The van der Waals surface area contributed by atoms with Gasteiger partial charge >= 0.3 is 5.97 Å². The van der Waals surface area contributed by atoms with Gasteiger partial charge in [-0.05, 0) is 26.2 Å². The summed E-state index contributed by atoms with van der Waals surface area (Å²) in [4.78, 5) is 44.1. The van der Waals surface area contributed by atoms with Crippen LogP contribution in [0.25, 0.3) is 0 Å². The van der Waals surface area contributed by atoms with Crippen molar-refractivity contribution >= 4 is 11.9 Å². The normalized spacial score (nSPS) is 21.2. The van der Waals surface area contributed by atoms with Gasteiger partial charge in [-0.25, -0.2) is 4.98 Å². The Morgan fingerprint density at radius 1 is 1.48 bits per heavy atom. The summed E-state index contributed by atoms with van der Waals surface area (Å²) in [6.07, 6.45) is 3.93. The second kappa shape index (κ2) is 6.93. The molecule has 1 aromatic heterocycles. The van der Waals surface area contributed by atoms with E-state index in [0.717, 1.165) is 6.42 Å². The van der Waals surface area contributed by atoms with Gasteiger partial charge in [0.05, 0.1) is 11.8 Å². The maximum absolute atomic E-state index is 12.5. The number of carboxylic acids is 1. The molecule has 126 valence electrons. The fourth-order valence-electron chi connectivity index (χ4n) is 3.22. The first-order valence-corrected chi connectivity index (χ1v) is 7.94. The van der Waals surface area contributed by atoms with Crippen LogP contribution in [0.15, 0.2) is 11.0 Å². The minimum absolute atomic E-state index is 0.0512. The summed E-state index contributed by atoms with van der Waals surface area (Å²) in [7, 11) is 0. The lowest BCUT2D eigenvalue weighted by Crippen LogP contribution is -2.50. The van der Waals surface area contributed by atoms with E-state index in [4.69, 9.17) is 0 Å². The number of likely N-dealkylation sites (tertiary alicyclic amines) is 1. The first kappa shape index (κ1) is 17.2. The predicted octanol–water partition coefficient (Wildman–Crippen LogP) is 1.11. The van der Waals surface area contributed by atoms with E-state index in [1.54, 1.807) is 11.8 Å². The number of carboxylic acid groups (broad SMARTS) is 1. The third-order valence-corrected chi connectivity index (χ3v) is 4.45. The largest absolute Gasteiger partial charge is 0.481 e. The van der Waals surface area contributed by atoms with Crippen molar-refractivity contribution in [3.05, 3.63) is 27.9 Å². The fraction of sp³-hybridized carbons (Fsp3) is 0.625. The number of aromatic nitrogens is 2. The van der Waals surface area contributed by atoms with E-state index in [0.29, 0.717) is 37.2 Å². The molecule has 1 unspecified atom stereocenters. The van der Waals surface area contributed by atoms with Gasteiger partial charge in [-0.2, -0.15) is 0 Å². The lowest BCUT2D eigenvalue weighted by Gasteiger charge is -2.40. The smallest absolute Gasteiger partial charge is 0.311 e. The van der Waals surface area contributed by atoms with Gasteiger partial charge in [-0.1, -0.05) is 13.3 Å². The second-order valence-electron chi connectivity index (χ2n) is 6.25. The van der Waals surface area contributed by atoms with Crippen LogP contribution in [0.1, 0.15) is 44.0 Å². The van der Waals surface area contributed by atoms with Gasteiger partial charge in [0.15, 0.2) is 0 Å². The molecule has 0 bridgehead atoms. The van der Waals surface area contributed by atoms with Gasteiger partial charge < -0.3 is 15.0 Å². The van der Waals surface area contributed by atoms with Crippen LogP contribution in [0.3, 0.4) is 0 Å². The summed E-state index contributed by atoms with van der Waals surface area (Å²) in [6, 6.07) is 0. The molecule has 7 heteroatoms. The first-order valence-electron chi connectivity index (χ1n) is 7.94. The number of aryl methyl sites for hydroxylation is 1. The Kier molecular flexibility index (Phi) is 5.18. The Morgan fingerprint density at radius 3 is 2.83 bits per heavy atom. The van der Waals surface area contributed by atoms with Crippen molar-refractivity contribution in [1.82, 2.24) is 14.9 Å². The van der Waals surface area contributed by atoms with Crippen LogP contribution in [0.2, 0.25) is 0 Å². The Hall–Kier alpha value is -2.18. The summed E-state index contributed by atoms with van der Waals surface area (Å²) in [5.41, 5.74) is -0.871. The zero-order chi connectivity index (χ0) is 17.0. The minimum atomic E-state index is -0.861. The molecule has 1 fully saturated rings. The number of nitrogens with zero attached hydrogens (tertiary/aromatic N) is 2. The van der Waals surface area contributed by atoms with E-state index >= 15 is 0 Å². The number of carbonyl (C=O) groups is 2. The highest BCUT2D eigenvalue weighted by Gasteiger charge is 2.42. The lowest BCUT2D eigenvalue weighted by atomic mass is 9.76. The van der Waals surface area contributed by atoms with Crippen LogP contribution >= 0.6 is 0 Å². The van der Waals surface area contributed by atoms with Crippen molar-refractivity contribution in [1.29, 1.82) is 0 Å². The summed E-state index contributed by atoms with van der Waals surface area (Å²) in [6.45, 7) is 4.37. The van der Waals surface area contributed by atoms with Crippen LogP contribution in [-0.2, 0) is 16.0 Å². The summed E-state index contributed by atoms with van der Waals surface area (Å²) < 4.78 is 0. The summed E-state index contributed by atoms with van der Waals surface area (Å²) >= 11 is 0. The van der Waals surface area contributed by atoms with Gasteiger partial charge in [0.2, 0.25) is 5.91 Å². The van der Waals surface area contributed by atoms with Crippen LogP contribution < -0.4 is 5.56 Å². The molecule has 0 radical (unpaired) electrons. The molecular formula is C16H23N3O4. The summed E-state index contributed by atoms with van der Waals surface area (Å²) in [5.74, 6) is -0.564. The maximum atomic E-state index is 12.5. The van der Waals surface area contributed by atoms with Crippen molar-refractivity contribution in [3.63, 3.8) is 0 Å². The first-order chi connectivity index (χ1) is 10.9. The number of carbonyl (C=O) groups excluding carboxylic acids is 1. The second-order valence-corrected chi connectivity index (χ2v) is 6.25. The molecule has 1 atom stereocenters. The van der Waals surface area contributed by atoms with Gasteiger partial charge in [-0.3, -0.25) is 14.4 Å². The van der Waals surface area contributed by atoms with E-state index in [1.165, 1.54) is 6.20 Å². The van der Waals surface area contributed by atoms with E-state index in [2.05, 4.69) is 9.97 Å². The number of H-pyrrole nitrogens is 1. The van der Waals surface area contributed by atoms with Crippen LogP contribution in [0.5, 0.6) is 0 Å². The number of hydrogen-bond acceptors (Lipinski definition) is 4. The van der Waals surface area contributed by atoms with E-state index in [9.17, 15) is 19.5 Å². The number of amides is 1. The van der Waals surface area contributed by atoms with Crippen LogP contribution in [0, 0.1) is 12.3 Å². The molecule has 1 aliphatic rings. The van der Waals surface area contributed by atoms with E-state index in [-0.39, 0.29) is 24.4 Å². The maximum Gasteiger partial charge on any atom is 0.311 e. The average Bonchev–Trinajstić information content (AvgIpc) is 2.50. The van der Waals surface area contributed by atoms with Crippen molar-refractivity contribution < 1.29 is 14.7 Å². The number of piperidine rings is 1. The number of nitrogens with one attached hydrogen (secondary N) is 1. The highest BCUT2D eigenvalue weighted by molar-refractivity contribution is 5.81. The van der Waals surface area contributed by atoms with Gasteiger partial charge in [-0.15, -0.1) is 0 Å². The fourth-order valence-corrected chi connectivity index (χ4v) is 3.22. The molecule has 7 nitrogen and oxygen atoms in total. The Bertz CT molecular complexity index is 651. The Labute approximate surface area is 134 Å².